The van der Waals surface area contributed by atoms with Gasteiger partial charge in [0, 0.05) is 55.0 Å². The van der Waals surface area contributed by atoms with Crippen LogP contribution in [0.2, 0.25) is 5.02 Å². The fourth-order valence-corrected chi connectivity index (χ4v) is 5.11. The minimum atomic E-state index is -0.327. The number of halogens is 2. The van der Waals surface area contributed by atoms with Crippen LogP contribution in [0.5, 0.6) is 0 Å². The molecule has 3 aromatic rings. The number of benzene rings is 2. The second kappa shape index (κ2) is 8.69. The first-order valence-corrected chi connectivity index (χ1v) is 10.9. The van der Waals surface area contributed by atoms with Crippen LogP contribution >= 0.6 is 22.9 Å². The molecule has 152 valence electrons. The van der Waals surface area contributed by atoms with E-state index < -0.39 is 0 Å². The number of piperazine rings is 1. The van der Waals surface area contributed by atoms with Gasteiger partial charge in [-0.25, -0.2) is 4.39 Å². The first-order chi connectivity index (χ1) is 14.0. The lowest BCUT2D eigenvalue weighted by Crippen LogP contribution is -2.48. The molecule has 0 saturated carbocycles. The van der Waals surface area contributed by atoms with Crippen molar-refractivity contribution in [2.75, 3.05) is 44.2 Å². The van der Waals surface area contributed by atoms with E-state index in [1.54, 1.807) is 6.07 Å². The van der Waals surface area contributed by atoms with Gasteiger partial charge in [0.2, 0.25) is 0 Å². The average Bonchev–Trinajstić information content (AvgIpc) is 3.04. The van der Waals surface area contributed by atoms with Crippen molar-refractivity contribution in [1.82, 2.24) is 10.2 Å². The zero-order valence-electron chi connectivity index (χ0n) is 16.3. The molecule has 1 aromatic heterocycles. The van der Waals surface area contributed by atoms with Gasteiger partial charge in [-0.2, -0.15) is 0 Å². The minimum Gasteiger partial charge on any atom is -0.369 e. The SMILES string of the molecule is Cc1cccc(N2CCN(CCNC(=O)c3sc4cc(F)ccc4c3Cl)CC2)c1. The van der Waals surface area contributed by atoms with Gasteiger partial charge in [0.25, 0.3) is 5.91 Å². The van der Waals surface area contributed by atoms with Crippen molar-refractivity contribution in [2.24, 2.45) is 0 Å². The number of nitrogens with zero attached hydrogens (tertiary/aromatic N) is 2. The Morgan fingerprint density at radius 1 is 1.17 bits per heavy atom. The van der Waals surface area contributed by atoms with Crippen molar-refractivity contribution < 1.29 is 9.18 Å². The number of carbonyl (C=O) groups excluding carboxylic acids is 1. The fourth-order valence-electron chi connectivity index (χ4n) is 3.65. The van der Waals surface area contributed by atoms with E-state index in [-0.39, 0.29) is 11.7 Å². The zero-order chi connectivity index (χ0) is 20.4. The highest BCUT2D eigenvalue weighted by atomic mass is 35.5. The first-order valence-electron chi connectivity index (χ1n) is 9.71. The lowest BCUT2D eigenvalue weighted by molar-refractivity contribution is 0.0952. The number of rotatable bonds is 5. The molecular weight excluding hydrogens is 409 g/mol. The third-order valence-electron chi connectivity index (χ3n) is 5.25. The van der Waals surface area contributed by atoms with E-state index in [2.05, 4.69) is 46.3 Å². The Morgan fingerprint density at radius 3 is 2.72 bits per heavy atom. The topological polar surface area (TPSA) is 35.6 Å². The van der Waals surface area contributed by atoms with Crippen LogP contribution in [0, 0.1) is 12.7 Å². The molecule has 1 aliphatic rings. The molecule has 1 amide bonds. The fraction of sp³-hybridized carbons (Fsp3) is 0.318. The number of thiophene rings is 1. The second-order valence-electron chi connectivity index (χ2n) is 7.31. The van der Waals surface area contributed by atoms with Crippen molar-refractivity contribution in [3.63, 3.8) is 0 Å². The summed E-state index contributed by atoms with van der Waals surface area (Å²) in [5.41, 5.74) is 2.55. The smallest absolute Gasteiger partial charge is 0.262 e. The molecule has 0 radical (unpaired) electrons. The minimum absolute atomic E-state index is 0.199. The van der Waals surface area contributed by atoms with Crippen LogP contribution in [0.1, 0.15) is 15.2 Å². The van der Waals surface area contributed by atoms with Crippen LogP contribution in [0.3, 0.4) is 0 Å². The summed E-state index contributed by atoms with van der Waals surface area (Å²) >= 11 is 7.56. The maximum atomic E-state index is 13.4. The van der Waals surface area contributed by atoms with Gasteiger partial charge in [-0.15, -0.1) is 11.3 Å². The number of fused-ring (bicyclic) bond motifs is 1. The van der Waals surface area contributed by atoms with Crippen molar-refractivity contribution in [3.05, 3.63) is 63.7 Å². The van der Waals surface area contributed by atoms with Crippen molar-refractivity contribution >= 4 is 44.6 Å². The number of hydrogen-bond acceptors (Lipinski definition) is 4. The Bertz CT molecular complexity index is 1030. The third-order valence-corrected chi connectivity index (χ3v) is 6.91. The van der Waals surface area contributed by atoms with E-state index in [0.717, 1.165) is 38.1 Å². The maximum Gasteiger partial charge on any atom is 0.262 e. The molecule has 4 nitrogen and oxygen atoms in total. The molecule has 2 aromatic carbocycles. The predicted molar refractivity (Wildman–Crippen MR) is 119 cm³/mol. The Balaban J connectivity index is 1.28. The Morgan fingerprint density at radius 2 is 1.97 bits per heavy atom. The normalized spacial score (nSPS) is 15.1. The third kappa shape index (κ3) is 4.55. The molecule has 0 aliphatic carbocycles. The Labute approximate surface area is 178 Å². The van der Waals surface area contributed by atoms with E-state index in [1.165, 1.54) is 34.7 Å². The summed E-state index contributed by atoms with van der Waals surface area (Å²) in [6.45, 7) is 7.35. The van der Waals surface area contributed by atoms with E-state index in [1.807, 2.05) is 0 Å². The molecule has 1 N–H and O–H groups in total. The number of aryl methyl sites for hydroxylation is 1. The highest BCUT2D eigenvalue weighted by Crippen LogP contribution is 2.35. The number of nitrogens with one attached hydrogen (secondary N) is 1. The van der Waals surface area contributed by atoms with Crippen LogP contribution in [-0.4, -0.2) is 50.1 Å². The number of hydrogen-bond donors (Lipinski definition) is 1. The van der Waals surface area contributed by atoms with Gasteiger partial charge in [0.1, 0.15) is 10.7 Å². The highest BCUT2D eigenvalue weighted by Gasteiger charge is 2.19. The Hall–Kier alpha value is -2.15. The van der Waals surface area contributed by atoms with E-state index in [9.17, 15) is 9.18 Å². The largest absolute Gasteiger partial charge is 0.369 e. The quantitative estimate of drug-likeness (QED) is 0.643. The monoisotopic (exact) mass is 431 g/mol. The molecule has 1 fully saturated rings. The van der Waals surface area contributed by atoms with E-state index in [0.29, 0.717) is 21.1 Å². The zero-order valence-corrected chi connectivity index (χ0v) is 17.8. The summed E-state index contributed by atoms with van der Waals surface area (Å²) < 4.78 is 14.1. The standard InChI is InChI=1S/C22H23ClFN3OS/c1-15-3-2-4-17(13-15)27-11-9-26(10-12-27)8-7-25-22(28)21-20(23)18-6-5-16(24)14-19(18)29-21/h2-6,13-14H,7-12H2,1H3,(H,25,28). The molecule has 0 unspecified atom stereocenters. The van der Waals surface area contributed by atoms with E-state index in [4.69, 9.17) is 11.6 Å². The maximum absolute atomic E-state index is 13.4. The molecule has 0 atom stereocenters. The highest BCUT2D eigenvalue weighted by molar-refractivity contribution is 7.21. The lowest BCUT2D eigenvalue weighted by atomic mass is 10.2. The summed E-state index contributed by atoms with van der Waals surface area (Å²) in [7, 11) is 0. The summed E-state index contributed by atoms with van der Waals surface area (Å²) in [6.07, 6.45) is 0. The molecule has 1 aliphatic heterocycles. The van der Waals surface area contributed by atoms with Gasteiger partial charge in [-0.05, 0) is 42.8 Å². The molecule has 2 heterocycles. The summed E-state index contributed by atoms with van der Waals surface area (Å²) in [4.78, 5) is 17.7. The molecule has 0 bridgehead atoms. The lowest BCUT2D eigenvalue weighted by Gasteiger charge is -2.36. The van der Waals surface area contributed by atoms with Crippen LogP contribution in [0.25, 0.3) is 10.1 Å². The number of carbonyl (C=O) groups is 1. The molecular formula is C22H23ClFN3OS. The van der Waals surface area contributed by atoms with Crippen molar-refractivity contribution in [1.29, 1.82) is 0 Å². The predicted octanol–water partition coefficient (Wildman–Crippen LogP) is 4.55. The van der Waals surface area contributed by atoms with Gasteiger partial charge in [0.15, 0.2) is 0 Å². The summed E-state index contributed by atoms with van der Waals surface area (Å²) in [5, 5.41) is 4.07. The van der Waals surface area contributed by atoms with Crippen LogP contribution in [-0.2, 0) is 0 Å². The van der Waals surface area contributed by atoms with Gasteiger partial charge < -0.3 is 10.2 Å². The number of amides is 1. The Kier molecular flexibility index (Phi) is 6.04. The second-order valence-corrected chi connectivity index (χ2v) is 8.74. The van der Waals surface area contributed by atoms with Gasteiger partial charge in [0.05, 0.1) is 5.02 Å². The molecule has 29 heavy (non-hydrogen) atoms. The molecule has 1 saturated heterocycles. The first kappa shape index (κ1) is 20.1. The van der Waals surface area contributed by atoms with Crippen LogP contribution < -0.4 is 10.2 Å². The van der Waals surface area contributed by atoms with Gasteiger partial charge >= 0.3 is 0 Å². The average molecular weight is 432 g/mol. The van der Waals surface area contributed by atoms with Crippen LogP contribution in [0.4, 0.5) is 10.1 Å². The van der Waals surface area contributed by atoms with E-state index >= 15 is 0 Å². The molecule has 0 spiro atoms. The van der Waals surface area contributed by atoms with Gasteiger partial charge in [-0.1, -0.05) is 23.7 Å². The van der Waals surface area contributed by atoms with Crippen molar-refractivity contribution in [3.8, 4) is 0 Å². The number of anilines is 1. The van der Waals surface area contributed by atoms with Gasteiger partial charge in [-0.3, -0.25) is 9.69 Å². The van der Waals surface area contributed by atoms with Crippen LogP contribution in [0.15, 0.2) is 42.5 Å². The van der Waals surface area contributed by atoms with Crippen molar-refractivity contribution in [2.45, 2.75) is 6.92 Å². The summed E-state index contributed by atoms with van der Waals surface area (Å²) in [6, 6.07) is 13.0. The molecule has 7 heteroatoms. The molecule has 4 rings (SSSR count). The summed E-state index contributed by atoms with van der Waals surface area (Å²) in [5.74, 6) is -0.526.